The summed E-state index contributed by atoms with van der Waals surface area (Å²) in [6.45, 7) is 5.00. The van der Waals surface area contributed by atoms with Crippen molar-refractivity contribution >= 4 is 17.5 Å². The number of para-hydroxylation sites is 3. The summed E-state index contributed by atoms with van der Waals surface area (Å²) < 4.78 is 13.8. The Hall–Kier alpha value is -3.77. The van der Waals surface area contributed by atoms with Crippen LogP contribution in [0, 0.1) is 0 Å². The summed E-state index contributed by atoms with van der Waals surface area (Å²) in [5.41, 5.74) is 3.05. The van der Waals surface area contributed by atoms with E-state index in [0.29, 0.717) is 47.5 Å². The van der Waals surface area contributed by atoms with E-state index in [0.717, 1.165) is 23.4 Å². The number of carbonyl (C=O) groups excluding carboxylic acids is 1. The number of carbonyl (C=O) groups is 1. The van der Waals surface area contributed by atoms with Gasteiger partial charge in [0.1, 0.15) is 0 Å². The van der Waals surface area contributed by atoms with Crippen LogP contribution in [0.25, 0.3) is 5.69 Å². The smallest absolute Gasteiger partial charge is 0.255 e. The van der Waals surface area contributed by atoms with Crippen LogP contribution in [0.3, 0.4) is 0 Å². The number of aryl methyl sites for hydroxylation is 1. The van der Waals surface area contributed by atoms with E-state index in [1.807, 2.05) is 85.5 Å². The van der Waals surface area contributed by atoms with Crippen LogP contribution in [0.5, 0.6) is 17.4 Å². The molecule has 7 heteroatoms. The molecular formula is C29H30ClN3O3. The van der Waals surface area contributed by atoms with E-state index in [9.17, 15) is 4.79 Å². The Balaban J connectivity index is 1.82. The lowest BCUT2D eigenvalue weighted by Crippen LogP contribution is -2.32. The predicted octanol–water partition coefficient (Wildman–Crippen LogP) is 6.94. The second-order valence-electron chi connectivity index (χ2n) is 8.29. The number of hydrogen-bond donors (Lipinski definition) is 0. The van der Waals surface area contributed by atoms with Gasteiger partial charge in [-0.05, 0) is 49.2 Å². The minimum absolute atomic E-state index is 0.125. The van der Waals surface area contributed by atoms with Crippen LogP contribution in [0.2, 0.25) is 5.02 Å². The fourth-order valence-electron chi connectivity index (χ4n) is 4.10. The molecule has 0 unspecified atom stereocenters. The highest BCUT2D eigenvalue weighted by molar-refractivity contribution is 6.33. The number of ether oxygens (including phenoxy) is 2. The SMILES string of the molecule is CCCN(Cc1c(CC)nn(-c2ccccc2)c1Oc1ccccc1OC)C(=O)c1ccccc1Cl. The minimum Gasteiger partial charge on any atom is -0.493 e. The molecule has 36 heavy (non-hydrogen) atoms. The fraction of sp³-hybridized carbons (Fsp3) is 0.241. The number of rotatable bonds is 10. The second kappa shape index (κ2) is 11.8. The van der Waals surface area contributed by atoms with Crippen LogP contribution in [0.15, 0.2) is 78.9 Å². The molecule has 1 heterocycles. The molecule has 0 aliphatic carbocycles. The Bertz CT molecular complexity index is 1320. The summed E-state index contributed by atoms with van der Waals surface area (Å²) in [6, 6.07) is 24.5. The van der Waals surface area contributed by atoms with Gasteiger partial charge in [0.25, 0.3) is 5.91 Å². The number of nitrogens with zero attached hydrogens (tertiary/aromatic N) is 3. The Morgan fingerprint density at radius 2 is 1.61 bits per heavy atom. The molecule has 4 aromatic rings. The Morgan fingerprint density at radius 3 is 2.28 bits per heavy atom. The third-order valence-electron chi connectivity index (χ3n) is 5.86. The summed E-state index contributed by atoms with van der Waals surface area (Å²) in [5, 5.41) is 5.34. The first-order valence-corrected chi connectivity index (χ1v) is 12.5. The van der Waals surface area contributed by atoms with Crippen LogP contribution in [-0.2, 0) is 13.0 Å². The maximum atomic E-state index is 13.6. The van der Waals surface area contributed by atoms with E-state index < -0.39 is 0 Å². The first kappa shape index (κ1) is 25.3. The molecule has 0 radical (unpaired) electrons. The first-order valence-electron chi connectivity index (χ1n) is 12.1. The summed E-state index contributed by atoms with van der Waals surface area (Å²) >= 11 is 6.38. The van der Waals surface area contributed by atoms with Crippen LogP contribution < -0.4 is 9.47 Å². The molecule has 0 fully saturated rings. The zero-order chi connectivity index (χ0) is 25.5. The molecule has 0 saturated carbocycles. The third-order valence-corrected chi connectivity index (χ3v) is 6.19. The van der Waals surface area contributed by atoms with Gasteiger partial charge in [-0.2, -0.15) is 5.10 Å². The van der Waals surface area contributed by atoms with Crippen LogP contribution in [0.4, 0.5) is 0 Å². The van der Waals surface area contributed by atoms with E-state index in [2.05, 4.69) is 0 Å². The Kier molecular flexibility index (Phi) is 8.28. The molecule has 0 aliphatic heterocycles. The van der Waals surface area contributed by atoms with Crippen LogP contribution >= 0.6 is 11.6 Å². The zero-order valence-electron chi connectivity index (χ0n) is 20.8. The van der Waals surface area contributed by atoms with E-state index >= 15 is 0 Å². The average Bonchev–Trinajstić information content (AvgIpc) is 3.26. The second-order valence-corrected chi connectivity index (χ2v) is 8.70. The molecule has 0 N–H and O–H groups in total. The molecule has 0 aliphatic rings. The maximum Gasteiger partial charge on any atom is 0.255 e. The largest absolute Gasteiger partial charge is 0.493 e. The average molecular weight is 504 g/mol. The molecule has 1 amide bonds. The molecule has 1 aromatic heterocycles. The molecule has 6 nitrogen and oxygen atoms in total. The van der Waals surface area contributed by atoms with E-state index in [1.54, 1.807) is 23.9 Å². The van der Waals surface area contributed by atoms with Gasteiger partial charge in [0.05, 0.1) is 41.2 Å². The highest BCUT2D eigenvalue weighted by Gasteiger charge is 2.26. The van der Waals surface area contributed by atoms with Crippen molar-refractivity contribution in [2.75, 3.05) is 13.7 Å². The van der Waals surface area contributed by atoms with Gasteiger partial charge in [0.15, 0.2) is 11.5 Å². The first-order chi connectivity index (χ1) is 17.6. The van der Waals surface area contributed by atoms with Crippen molar-refractivity contribution < 1.29 is 14.3 Å². The highest BCUT2D eigenvalue weighted by Crippen LogP contribution is 2.36. The van der Waals surface area contributed by atoms with Gasteiger partial charge >= 0.3 is 0 Å². The third kappa shape index (κ3) is 5.39. The number of benzene rings is 3. The number of methoxy groups -OCH3 is 1. The van der Waals surface area contributed by atoms with Gasteiger partial charge in [0.2, 0.25) is 5.88 Å². The Morgan fingerprint density at radius 1 is 0.944 bits per heavy atom. The van der Waals surface area contributed by atoms with Gasteiger partial charge in [-0.25, -0.2) is 4.68 Å². The summed E-state index contributed by atoms with van der Waals surface area (Å²) in [5.74, 6) is 1.61. The lowest BCUT2D eigenvalue weighted by atomic mass is 10.1. The van der Waals surface area contributed by atoms with E-state index in [4.69, 9.17) is 26.2 Å². The fourth-order valence-corrected chi connectivity index (χ4v) is 4.31. The molecular weight excluding hydrogens is 474 g/mol. The molecule has 4 rings (SSSR count). The molecule has 0 spiro atoms. The highest BCUT2D eigenvalue weighted by atomic mass is 35.5. The molecule has 0 saturated heterocycles. The van der Waals surface area contributed by atoms with Crippen molar-refractivity contribution in [3.8, 4) is 23.1 Å². The van der Waals surface area contributed by atoms with Crippen molar-refractivity contribution in [3.05, 3.63) is 101 Å². The lowest BCUT2D eigenvalue weighted by Gasteiger charge is -2.23. The molecule has 3 aromatic carbocycles. The van der Waals surface area contributed by atoms with Crippen LogP contribution in [-0.4, -0.2) is 34.2 Å². The van der Waals surface area contributed by atoms with Gasteiger partial charge in [0, 0.05) is 6.54 Å². The number of halogens is 1. The van der Waals surface area contributed by atoms with Gasteiger partial charge in [-0.3, -0.25) is 4.79 Å². The molecule has 0 bridgehead atoms. The quantitative estimate of drug-likeness (QED) is 0.235. The molecule has 186 valence electrons. The number of amides is 1. The normalized spacial score (nSPS) is 10.8. The maximum absolute atomic E-state index is 13.6. The lowest BCUT2D eigenvalue weighted by molar-refractivity contribution is 0.0742. The van der Waals surface area contributed by atoms with Crippen LogP contribution in [0.1, 0.15) is 41.9 Å². The predicted molar refractivity (Wildman–Crippen MR) is 142 cm³/mol. The Labute approximate surface area is 217 Å². The van der Waals surface area contributed by atoms with E-state index in [1.165, 1.54) is 0 Å². The van der Waals surface area contributed by atoms with Crippen molar-refractivity contribution in [2.24, 2.45) is 0 Å². The topological polar surface area (TPSA) is 56.6 Å². The molecule has 0 atom stereocenters. The zero-order valence-corrected chi connectivity index (χ0v) is 21.5. The summed E-state index contributed by atoms with van der Waals surface area (Å²) in [4.78, 5) is 15.4. The van der Waals surface area contributed by atoms with Crippen molar-refractivity contribution in [3.63, 3.8) is 0 Å². The van der Waals surface area contributed by atoms with Crippen molar-refractivity contribution in [1.82, 2.24) is 14.7 Å². The van der Waals surface area contributed by atoms with Crippen molar-refractivity contribution in [2.45, 2.75) is 33.2 Å². The standard InChI is InChI=1S/C29H30ClN3O3/c1-4-19-32(28(34)22-15-9-10-16-24(22)30)20-23-25(5-2)31-33(21-13-7-6-8-14-21)29(23)36-27-18-12-11-17-26(27)35-3/h6-18H,4-5,19-20H2,1-3H3. The van der Waals surface area contributed by atoms with Crippen molar-refractivity contribution in [1.29, 1.82) is 0 Å². The summed E-state index contributed by atoms with van der Waals surface area (Å²) in [6.07, 6.45) is 1.48. The van der Waals surface area contributed by atoms with Gasteiger partial charge in [-0.15, -0.1) is 0 Å². The summed E-state index contributed by atoms with van der Waals surface area (Å²) in [7, 11) is 1.61. The number of hydrogen-bond acceptors (Lipinski definition) is 4. The van der Waals surface area contributed by atoms with Gasteiger partial charge in [-0.1, -0.05) is 67.9 Å². The number of aromatic nitrogens is 2. The minimum atomic E-state index is -0.125. The monoisotopic (exact) mass is 503 g/mol. The van der Waals surface area contributed by atoms with Gasteiger partial charge < -0.3 is 14.4 Å². The van der Waals surface area contributed by atoms with E-state index in [-0.39, 0.29) is 5.91 Å².